The van der Waals surface area contributed by atoms with Crippen LogP contribution in [0.1, 0.15) is 11.3 Å². The monoisotopic (exact) mass is 190 g/mol. The van der Waals surface area contributed by atoms with Crippen LogP contribution in [0.4, 0.5) is 0 Å². The van der Waals surface area contributed by atoms with Crippen molar-refractivity contribution in [3.63, 3.8) is 0 Å². The summed E-state index contributed by atoms with van der Waals surface area (Å²) in [5.41, 5.74) is 9.89. The zero-order chi connectivity index (χ0) is 10.1. The normalized spacial score (nSPS) is 10.8. The summed E-state index contributed by atoms with van der Waals surface area (Å²) in [6, 6.07) is 2.04. The molecule has 2 rings (SSSR count). The van der Waals surface area contributed by atoms with E-state index < -0.39 is 0 Å². The molecule has 0 saturated carbocycles. The maximum Gasteiger partial charge on any atom is 0.0983 e. The van der Waals surface area contributed by atoms with Crippen LogP contribution in [0, 0.1) is 6.92 Å². The molecule has 0 fully saturated rings. The molecule has 0 saturated heterocycles. The number of hydrogen-bond acceptors (Lipinski definition) is 2. The zero-order valence-corrected chi connectivity index (χ0v) is 8.41. The predicted octanol–water partition coefficient (Wildman–Crippen LogP) is 1.18. The van der Waals surface area contributed by atoms with Gasteiger partial charge in [-0.2, -0.15) is 5.10 Å². The van der Waals surface area contributed by atoms with E-state index in [1.165, 1.54) is 0 Å². The molecule has 74 valence electrons. The van der Waals surface area contributed by atoms with E-state index in [4.69, 9.17) is 5.73 Å². The Kier molecular flexibility index (Phi) is 2.13. The van der Waals surface area contributed by atoms with Gasteiger partial charge >= 0.3 is 0 Å². The first kappa shape index (κ1) is 9.02. The van der Waals surface area contributed by atoms with Gasteiger partial charge in [0.15, 0.2) is 0 Å². The second-order valence-corrected chi connectivity index (χ2v) is 3.45. The maximum absolute atomic E-state index is 5.67. The van der Waals surface area contributed by atoms with Gasteiger partial charge in [0.25, 0.3) is 0 Å². The third kappa shape index (κ3) is 1.33. The van der Waals surface area contributed by atoms with Gasteiger partial charge in [-0.1, -0.05) is 0 Å². The minimum absolute atomic E-state index is 0.520. The van der Waals surface area contributed by atoms with Crippen molar-refractivity contribution < 1.29 is 0 Å². The number of aromatic amines is 1. The number of aryl methyl sites for hydroxylation is 2. The van der Waals surface area contributed by atoms with Crippen LogP contribution in [0.3, 0.4) is 0 Å². The van der Waals surface area contributed by atoms with Gasteiger partial charge in [-0.05, 0) is 13.0 Å². The van der Waals surface area contributed by atoms with Crippen LogP contribution >= 0.6 is 0 Å². The number of H-pyrrole nitrogens is 1. The number of aromatic nitrogens is 3. The van der Waals surface area contributed by atoms with Gasteiger partial charge in [0, 0.05) is 42.8 Å². The number of nitrogens with zero attached hydrogens (tertiary/aromatic N) is 2. The average Bonchev–Trinajstić information content (AvgIpc) is 2.71. The molecular formula is C10H14N4. The predicted molar refractivity (Wildman–Crippen MR) is 55.6 cm³/mol. The Bertz CT molecular complexity index is 439. The molecule has 14 heavy (non-hydrogen) atoms. The smallest absolute Gasteiger partial charge is 0.0983 e. The van der Waals surface area contributed by atoms with E-state index in [-0.39, 0.29) is 0 Å². The molecule has 0 unspecified atom stereocenters. The number of nitrogens with two attached hydrogens (primary N) is 1. The Morgan fingerprint density at radius 3 is 2.93 bits per heavy atom. The van der Waals surface area contributed by atoms with Gasteiger partial charge in [0.1, 0.15) is 0 Å². The SMILES string of the molecule is Cc1[nH]nc(-c2ccn(C)c2)c1CN. The second kappa shape index (κ2) is 3.31. The maximum atomic E-state index is 5.67. The van der Waals surface area contributed by atoms with Gasteiger partial charge in [-0.3, -0.25) is 5.10 Å². The molecule has 0 aliphatic rings. The molecule has 2 heterocycles. The number of rotatable bonds is 2. The number of nitrogens with one attached hydrogen (secondary N) is 1. The Hall–Kier alpha value is -1.55. The van der Waals surface area contributed by atoms with Crippen LogP contribution in [0.25, 0.3) is 11.3 Å². The summed E-state index contributed by atoms with van der Waals surface area (Å²) < 4.78 is 2.00. The van der Waals surface area contributed by atoms with Crippen LogP contribution in [-0.4, -0.2) is 14.8 Å². The van der Waals surface area contributed by atoms with E-state index >= 15 is 0 Å². The molecule has 0 aliphatic heterocycles. The van der Waals surface area contributed by atoms with E-state index in [1.54, 1.807) is 0 Å². The summed E-state index contributed by atoms with van der Waals surface area (Å²) in [4.78, 5) is 0. The minimum atomic E-state index is 0.520. The molecule has 0 aromatic carbocycles. The fourth-order valence-corrected chi connectivity index (χ4v) is 1.58. The van der Waals surface area contributed by atoms with Crippen molar-refractivity contribution in [2.24, 2.45) is 12.8 Å². The van der Waals surface area contributed by atoms with Crippen LogP contribution in [-0.2, 0) is 13.6 Å². The van der Waals surface area contributed by atoms with E-state index in [9.17, 15) is 0 Å². The molecule has 0 spiro atoms. The molecule has 4 heteroatoms. The van der Waals surface area contributed by atoms with E-state index in [0.717, 1.165) is 22.5 Å². The molecule has 0 amide bonds. The standard InChI is InChI=1S/C10H14N4/c1-7-9(5-11)10(13-12-7)8-3-4-14(2)6-8/h3-4,6H,5,11H2,1-2H3,(H,12,13). The Morgan fingerprint density at radius 1 is 1.57 bits per heavy atom. The topological polar surface area (TPSA) is 59.6 Å². The fourth-order valence-electron chi connectivity index (χ4n) is 1.58. The highest BCUT2D eigenvalue weighted by molar-refractivity contribution is 5.63. The molecule has 3 N–H and O–H groups in total. The Balaban J connectivity index is 2.51. The first-order valence-electron chi connectivity index (χ1n) is 4.58. The highest BCUT2D eigenvalue weighted by Crippen LogP contribution is 2.22. The van der Waals surface area contributed by atoms with Crippen molar-refractivity contribution in [1.29, 1.82) is 0 Å². The lowest BCUT2D eigenvalue weighted by Crippen LogP contribution is -1.98. The van der Waals surface area contributed by atoms with Crippen LogP contribution in [0.2, 0.25) is 0 Å². The van der Waals surface area contributed by atoms with E-state index in [1.807, 2.05) is 37.0 Å². The first-order valence-corrected chi connectivity index (χ1v) is 4.58. The summed E-state index contributed by atoms with van der Waals surface area (Å²) >= 11 is 0. The summed E-state index contributed by atoms with van der Waals surface area (Å²) in [7, 11) is 1.99. The zero-order valence-electron chi connectivity index (χ0n) is 8.41. The second-order valence-electron chi connectivity index (χ2n) is 3.45. The van der Waals surface area contributed by atoms with Gasteiger partial charge < -0.3 is 10.3 Å². The Labute approximate surface area is 82.7 Å². The molecule has 0 atom stereocenters. The molecular weight excluding hydrogens is 176 g/mol. The van der Waals surface area contributed by atoms with Crippen molar-refractivity contribution >= 4 is 0 Å². The van der Waals surface area contributed by atoms with Crippen LogP contribution < -0.4 is 5.73 Å². The third-order valence-electron chi connectivity index (χ3n) is 2.38. The molecule has 0 aliphatic carbocycles. The summed E-state index contributed by atoms with van der Waals surface area (Å²) in [6.45, 7) is 2.51. The summed E-state index contributed by atoms with van der Waals surface area (Å²) in [5.74, 6) is 0. The van der Waals surface area contributed by atoms with Crippen molar-refractivity contribution in [3.05, 3.63) is 29.7 Å². The minimum Gasteiger partial charge on any atom is -0.357 e. The summed E-state index contributed by atoms with van der Waals surface area (Å²) in [6.07, 6.45) is 4.04. The van der Waals surface area contributed by atoms with E-state index in [2.05, 4.69) is 10.2 Å². The molecule has 4 nitrogen and oxygen atoms in total. The fraction of sp³-hybridized carbons (Fsp3) is 0.300. The average molecular weight is 190 g/mol. The van der Waals surface area contributed by atoms with Gasteiger partial charge in [0.2, 0.25) is 0 Å². The van der Waals surface area contributed by atoms with Gasteiger partial charge in [-0.15, -0.1) is 0 Å². The van der Waals surface area contributed by atoms with Crippen LogP contribution in [0.15, 0.2) is 18.5 Å². The lowest BCUT2D eigenvalue weighted by atomic mass is 10.1. The van der Waals surface area contributed by atoms with Crippen molar-refractivity contribution in [2.45, 2.75) is 13.5 Å². The quantitative estimate of drug-likeness (QED) is 0.747. The lowest BCUT2D eigenvalue weighted by Gasteiger charge is -1.97. The first-order chi connectivity index (χ1) is 6.72. The van der Waals surface area contributed by atoms with Gasteiger partial charge in [-0.25, -0.2) is 0 Å². The van der Waals surface area contributed by atoms with Crippen LogP contribution in [0.5, 0.6) is 0 Å². The molecule has 0 bridgehead atoms. The van der Waals surface area contributed by atoms with Crippen molar-refractivity contribution in [1.82, 2.24) is 14.8 Å². The summed E-state index contributed by atoms with van der Waals surface area (Å²) in [5, 5.41) is 7.21. The highest BCUT2D eigenvalue weighted by Gasteiger charge is 2.10. The van der Waals surface area contributed by atoms with Crippen molar-refractivity contribution in [2.75, 3.05) is 0 Å². The number of hydrogen-bond donors (Lipinski definition) is 2. The van der Waals surface area contributed by atoms with Crippen molar-refractivity contribution in [3.8, 4) is 11.3 Å². The highest BCUT2D eigenvalue weighted by atomic mass is 15.1. The lowest BCUT2D eigenvalue weighted by molar-refractivity contribution is 0.927. The third-order valence-corrected chi connectivity index (χ3v) is 2.38. The molecule has 2 aromatic heterocycles. The Morgan fingerprint density at radius 2 is 2.36 bits per heavy atom. The van der Waals surface area contributed by atoms with E-state index in [0.29, 0.717) is 6.54 Å². The molecule has 2 aromatic rings. The van der Waals surface area contributed by atoms with Gasteiger partial charge in [0.05, 0.1) is 5.69 Å². The molecule has 0 radical (unpaired) electrons. The largest absolute Gasteiger partial charge is 0.357 e.